The van der Waals surface area contributed by atoms with E-state index in [1.54, 1.807) is 0 Å². The Morgan fingerprint density at radius 2 is 1.75 bits per heavy atom. The number of nitrogen functional groups attached to an aromatic ring is 2. The number of hydrogen-bond acceptors (Lipinski definition) is 3. The van der Waals surface area contributed by atoms with Gasteiger partial charge in [-0.15, -0.1) is 11.6 Å². The van der Waals surface area contributed by atoms with Crippen LogP contribution in [0.15, 0.2) is 12.1 Å². The zero-order chi connectivity index (χ0) is 12.5. The molecule has 16 heavy (non-hydrogen) atoms. The van der Waals surface area contributed by atoms with Crippen molar-refractivity contribution in [1.29, 1.82) is 0 Å². The standard InChI is InChI=1S/C9H8ClF3N2O/c10-3-8(16)4-1-6(14)7(15)2-5(4)9(11,12)13/h1-2H,3,14-15H2. The van der Waals surface area contributed by atoms with Gasteiger partial charge in [-0.1, -0.05) is 0 Å². The van der Waals surface area contributed by atoms with Crippen molar-refractivity contribution in [2.75, 3.05) is 17.3 Å². The Labute approximate surface area is 94.2 Å². The Kier molecular flexibility index (Phi) is 3.32. The maximum Gasteiger partial charge on any atom is 0.417 e. The molecule has 7 heteroatoms. The van der Waals surface area contributed by atoms with E-state index in [1.807, 2.05) is 0 Å². The first kappa shape index (κ1) is 12.6. The molecule has 1 aromatic rings. The number of carbonyl (C=O) groups excluding carboxylic acids is 1. The average Bonchev–Trinajstić information content (AvgIpc) is 2.18. The Morgan fingerprint density at radius 1 is 1.25 bits per heavy atom. The number of hydrogen-bond donors (Lipinski definition) is 2. The molecule has 0 saturated carbocycles. The van der Waals surface area contributed by atoms with Gasteiger partial charge >= 0.3 is 6.18 Å². The molecule has 0 fully saturated rings. The number of rotatable bonds is 2. The first-order valence-electron chi connectivity index (χ1n) is 4.12. The van der Waals surface area contributed by atoms with Crippen LogP contribution >= 0.6 is 11.6 Å². The molecule has 88 valence electrons. The fraction of sp³-hybridized carbons (Fsp3) is 0.222. The largest absolute Gasteiger partial charge is 0.417 e. The third kappa shape index (κ3) is 2.38. The van der Waals surface area contributed by atoms with Gasteiger partial charge in [-0.2, -0.15) is 13.2 Å². The second-order valence-electron chi connectivity index (χ2n) is 3.08. The first-order valence-corrected chi connectivity index (χ1v) is 4.66. The fourth-order valence-electron chi connectivity index (χ4n) is 1.17. The summed E-state index contributed by atoms with van der Waals surface area (Å²) in [5.74, 6) is -1.40. The van der Waals surface area contributed by atoms with E-state index in [4.69, 9.17) is 23.1 Å². The molecule has 0 aliphatic heterocycles. The van der Waals surface area contributed by atoms with Crippen molar-refractivity contribution in [3.8, 4) is 0 Å². The molecule has 0 heterocycles. The smallest absolute Gasteiger partial charge is 0.397 e. The number of carbonyl (C=O) groups is 1. The lowest BCUT2D eigenvalue weighted by Crippen LogP contribution is -2.15. The highest BCUT2D eigenvalue weighted by molar-refractivity contribution is 6.30. The average molecular weight is 253 g/mol. The van der Waals surface area contributed by atoms with E-state index in [-0.39, 0.29) is 11.4 Å². The normalized spacial score (nSPS) is 11.5. The van der Waals surface area contributed by atoms with Gasteiger partial charge < -0.3 is 11.5 Å². The van der Waals surface area contributed by atoms with Crippen LogP contribution < -0.4 is 11.5 Å². The number of benzene rings is 1. The Hall–Kier alpha value is -1.43. The van der Waals surface area contributed by atoms with Crippen LogP contribution in [-0.4, -0.2) is 11.7 Å². The summed E-state index contributed by atoms with van der Waals surface area (Å²) in [4.78, 5) is 11.2. The van der Waals surface area contributed by atoms with Gasteiger partial charge in [0.25, 0.3) is 0 Å². The molecule has 0 aliphatic carbocycles. The van der Waals surface area contributed by atoms with E-state index < -0.39 is 29.0 Å². The molecule has 0 spiro atoms. The molecule has 0 aliphatic rings. The molecule has 0 unspecified atom stereocenters. The van der Waals surface area contributed by atoms with Crippen LogP contribution in [0.2, 0.25) is 0 Å². The molecule has 0 bridgehead atoms. The molecule has 0 amide bonds. The van der Waals surface area contributed by atoms with Crippen LogP contribution in [0.25, 0.3) is 0 Å². The molecule has 4 N–H and O–H groups in total. The predicted octanol–water partition coefficient (Wildman–Crippen LogP) is 2.29. The topological polar surface area (TPSA) is 69.1 Å². The van der Waals surface area contributed by atoms with Gasteiger partial charge in [-0.3, -0.25) is 4.79 Å². The van der Waals surface area contributed by atoms with Gasteiger partial charge in [-0.25, -0.2) is 0 Å². The summed E-state index contributed by atoms with van der Waals surface area (Å²) in [5.41, 5.74) is 8.61. The summed E-state index contributed by atoms with van der Waals surface area (Å²) < 4.78 is 37.7. The van der Waals surface area contributed by atoms with Gasteiger partial charge in [0.05, 0.1) is 22.8 Å². The van der Waals surface area contributed by atoms with Crippen LogP contribution in [0.5, 0.6) is 0 Å². The second-order valence-corrected chi connectivity index (χ2v) is 3.35. The van der Waals surface area contributed by atoms with Crippen molar-refractivity contribution in [3.63, 3.8) is 0 Å². The van der Waals surface area contributed by atoms with Crippen molar-refractivity contribution in [3.05, 3.63) is 23.3 Å². The predicted molar refractivity (Wildman–Crippen MR) is 55.3 cm³/mol. The lowest BCUT2D eigenvalue weighted by atomic mass is 10.0. The summed E-state index contributed by atoms with van der Waals surface area (Å²) >= 11 is 5.21. The minimum atomic E-state index is -4.67. The van der Waals surface area contributed by atoms with Crippen molar-refractivity contribution >= 4 is 28.8 Å². The minimum Gasteiger partial charge on any atom is -0.397 e. The number of anilines is 2. The number of halogens is 4. The van der Waals surface area contributed by atoms with E-state index in [0.29, 0.717) is 6.07 Å². The summed E-state index contributed by atoms with van der Waals surface area (Å²) in [6.45, 7) is 0. The highest BCUT2D eigenvalue weighted by atomic mass is 35.5. The third-order valence-corrected chi connectivity index (χ3v) is 2.19. The van der Waals surface area contributed by atoms with E-state index in [0.717, 1.165) is 6.07 Å². The lowest BCUT2D eigenvalue weighted by Gasteiger charge is -2.13. The van der Waals surface area contributed by atoms with Crippen LogP contribution in [0.3, 0.4) is 0 Å². The Morgan fingerprint density at radius 3 is 2.19 bits per heavy atom. The minimum absolute atomic E-state index is 0.0820. The molecule has 0 saturated heterocycles. The van der Waals surface area contributed by atoms with Crippen LogP contribution in [-0.2, 0) is 6.18 Å². The molecular weight excluding hydrogens is 245 g/mol. The van der Waals surface area contributed by atoms with Gasteiger partial charge in [0.15, 0.2) is 5.78 Å². The van der Waals surface area contributed by atoms with Gasteiger partial charge in [0, 0.05) is 5.56 Å². The SMILES string of the molecule is Nc1cc(C(=O)CCl)c(C(F)(F)F)cc1N. The number of nitrogens with two attached hydrogens (primary N) is 2. The quantitative estimate of drug-likeness (QED) is 0.482. The van der Waals surface area contributed by atoms with E-state index in [1.165, 1.54) is 0 Å². The fourth-order valence-corrected chi connectivity index (χ4v) is 1.31. The van der Waals surface area contributed by atoms with Crippen molar-refractivity contribution < 1.29 is 18.0 Å². The molecule has 0 radical (unpaired) electrons. The molecule has 0 atom stereocenters. The van der Waals surface area contributed by atoms with Crippen LogP contribution in [0, 0.1) is 0 Å². The van der Waals surface area contributed by atoms with Gasteiger partial charge in [-0.05, 0) is 12.1 Å². The second kappa shape index (κ2) is 4.21. The first-order chi connectivity index (χ1) is 7.27. The summed E-state index contributed by atoms with van der Waals surface area (Å²) in [5, 5.41) is 0. The number of alkyl halides is 4. The van der Waals surface area contributed by atoms with Crippen LogP contribution in [0.4, 0.5) is 24.5 Å². The zero-order valence-electron chi connectivity index (χ0n) is 7.94. The van der Waals surface area contributed by atoms with Gasteiger partial charge in [0.1, 0.15) is 0 Å². The highest BCUT2D eigenvalue weighted by Gasteiger charge is 2.35. The Bertz CT molecular complexity index is 431. The molecule has 1 aromatic carbocycles. The van der Waals surface area contributed by atoms with Crippen molar-refractivity contribution in [2.24, 2.45) is 0 Å². The molecular formula is C9H8ClF3N2O. The zero-order valence-corrected chi connectivity index (χ0v) is 8.69. The summed E-state index contributed by atoms with van der Waals surface area (Å²) in [6, 6.07) is 1.53. The highest BCUT2D eigenvalue weighted by Crippen LogP contribution is 2.35. The van der Waals surface area contributed by atoms with E-state index in [9.17, 15) is 18.0 Å². The van der Waals surface area contributed by atoms with Gasteiger partial charge in [0.2, 0.25) is 0 Å². The van der Waals surface area contributed by atoms with E-state index in [2.05, 4.69) is 0 Å². The molecule has 1 rings (SSSR count). The van der Waals surface area contributed by atoms with Crippen molar-refractivity contribution in [1.82, 2.24) is 0 Å². The summed E-state index contributed by atoms with van der Waals surface area (Å²) in [7, 11) is 0. The third-order valence-electron chi connectivity index (χ3n) is 1.95. The van der Waals surface area contributed by atoms with Crippen molar-refractivity contribution in [2.45, 2.75) is 6.18 Å². The van der Waals surface area contributed by atoms with Crippen LogP contribution in [0.1, 0.15) is 15.9 Å². The maximum atomic E-state index is 12.6. The molecule has 3 nitrogen and oxygen atoms in total. The van der Waals surface area contributed by atoms with E-state index >= 15 is 0 Å². The summed E-state index contributed by atoms with van der Waals surface area (Å²) in [6.07, 6.45) is -4.67. The Balaban J connectivity index is 3.45. The monoisotopic (exact) mass is 252 g/mol. The maximum absolute atomic E-state index is 12.6. The number of Topliss-reactive ketones (excluding diaryl/α,β-unsaturated/α-hetero) is 1. The lowest BCUT2D eigenvalue weighted by molar-refractivity contribution is -0.137. The number of ketones is 1. The molecule has 0 aromatic heterocycles.